The van der Waals surface area contributed by atoms with Gasteiger partial charge in [-0.3, -0.25) is 9.97 Å². The van der Waals surface area contributed by atoms with E-state index in [0.29, 0.717) is 17.9 Å². The van der Waals surface area contributed by atoms with Crippen molar-refractivity contribution in [2.24, 2.45) is 0 Å². The van der Waals surface area contributed by atoms with Gasteiger partial charge in [0.15, 0.2) is 0 Å². The number of para-hydroxylation sites is 1. The molecule has 100 valence electrons. The van der Waals surface area contributed by atoms with Gasteiger partial charge in [-0.05, 0) is 26.0 Å². The molecule has 3 rings (SSSR count). The van der Waals surface area contributed by atoms with Crippen molar-refractivity contribution in [1.29, 1.82) is 0 Å². The minimum absolute atomic E-state index is 0.333. The Morgan fingerprint density at radius 1 is 1.20 bits per heavy atom. The van der Waals surface area contributed by atoms with Gasteiger partial charge in [-0.1, -0.05) is 18.2 Å². The molecule has 0 spiro atoms. The molecule has 2 heterocycles. The lowest BCUT2D eigenvalue weighted by molar-refractivity contribution is 0.0525. The second kappa shape index (κ2) is 4.89. The third-order valence-corrected chi connectivity index (χ3v) is 3.26. The van der Waals surface area contributed by atoms with Crippen molar-refractivity contribution in [3.05, 3.63) is 47.8 Å². The van der Waals surface area contributed by atoms with E-state index in [0.717, 1.165) is 21.8 Å². The standard InChI is InChI=1S/C16H14N2O2/c1-3-20-16(19)12-8-13-11-6-4-5-7-14(11)17-9-15(13)18-10(12)2/h4-9H,3H2,1-2H3. The monoisotopic (exact) mass is 266 g/mol. The lowest BCUT2D eigenvalue weighted by Crippen LogP contribution is -2.08. The number of aryl methyl sites for hydroxylation is 1. The van der Waals surface area contributed by atoms with Crippen molar-refractivity contribution < 1.29 is 9.53 Å². The van der Waals surface area contributed by atoms with Crippen molar-refractivity contribution in [2.75, 3.05) is 6.61 Å². The summed E-state index contributed by atoms with van der Waals surface area (Å²) >= 11 is 0. The normalized spacial score (nSPS) is 10.9. The average Bonchev–Trinajstić information content (AvgIpc) is 2.46. The molecule has 20 heavy (non-hydrogen) atoms. The Balaban J connectivity index is 2.31. The molecule has 1 aromatic carbocycles. The molecule has 0 amide bonds. The molecule has 0 aliphatic heterocycles. The first-order valence-corrected chi connectivity index (χ1v) is 6.53. The Morgan fingerprint density at radius 3 is 2.80 bits per heavy atom. The molecular formula is C16H14N2O2. The van der Waals surface area contributed by atoms with Crippen LogP contribution in [0.15, 0.2) is 36.5 Å². The van der Waals surface area contributed by atoms with Gasteiger partial charge in [-0.25, -0.2) is 4.79 Å². The molecule has 0 saturated carbocycles. The van der Waals surface area contributed by atoms with Crippen molar-refractivity contribution in [3.8, 4) is 0 Å². The van der Waals surface area contributed by atoms with Crippen LogP contribution in [0, 0.1) is 6.92 Å². The highest BCUT2D eigenvalue weighted by Crippen LogP contribution is 2.24. The van der Waals surface area contributed by atoms with Crippen molar-refractivity contribution in [3.63, 3.8) is 0 Å². The molecule has 0 saturated heterocycles. The quantitative estimate of drug-likeness (QED) is 0.527. The Morgan fingerprint density at radius 2 is 2.00 bits per heavy atom. The maximum Gasteiger partial charge on any atom is 0.339 e. The van der Waals surface area contributed by atoms with E-state index < -0.39 is 0 Å². The fourth-order valence-electron chi connectivity index (χ4n) is 2.30. The molecule has 0 aliphatic rings. The first kappa shape index (κ1) is 12.5. The van der Waals surface area contributed by atoms with Gasteiger partial charge in [-0.15, -0.1) is 0 Å². The Hall–Kier alpha value is -2.49. The fraction of sp³-hybridized carbons (Fsp3) is 0.188. The Kier molecular flexibility index (Phi) is 3.06. The summed E-state index contributed by atoms with van der Waals surface area (Å²) in [6.45, 7) is 3.95. The molecule has 0 fully saturated rings. The van der Waals surface area contributed by atoms with Crippen LogP contribution in [0.25, 0.3) is 21.8 Å². The summed E-state index contributed by atoms with van der Waals surface area (Å²) in [4.78, 5) is 20.8. The molecule has 0 atom stereocenters. The van der Waals surface area contributed by atoms with E-state index in [1.807, 2.05) is 30.3 Å². The van der Waals surface area contributed by atoms with Gasteiger partial charge in [-0.2, -0.15) is 0 Å². The number of hydrogen-bond donors (Lipinski definition) is 0. The van der Waals surface area contributed by atoms with Gasteiger partial charge >= 0.3 is 5.97 Å². The zero-order chi connectivity index (χ0) is 14.1. The van der Waals surface area contributed by atoms with Crippen molar-refractivity contribution in [1.82, 2.24) is 9.97 Å². The molecule has 4 nitrogen and oxygen atoms in total. The predicted molar refractivity (Wildman–Crippen MR) is 77.7 cm³/mol. The highest BCUT2D eigenvalue weighted by Gasteiger charge is 2.14. The van der Waals surface area contributed by atoms with Crippen LogP contribution in [-0.2, 0) is 4.74 Å². The lowest BCUT2D eigenvalue weighted by atomic mass is 10.1. The van der Waals surface area contributed by atoms with Crippen molar-refractivity contribution >= 4 is 27.8 Å². The summed E-state index contributed by atoms with van der Waals surface area (Å²) in [5, 5.41) is 1.91. The van der Waals surface area contributed by atoms with Gasteiger partial charge in [0.1, 0.15) is 0 Å². The summed E-state index contributed by atoms with van der Waals surface area (Å²) in [7, 11) is 0. The van der Waals surface area contributed by atoms with Crippen LogP contribution in [0.4, 0.5) is 0 Å². The summed E-state index contributed by atoms with van der Waals surface area (Å²) in [5.74, 6) is -0.333. The third kappa shape index (κ3) is 1.99. The number of esters is 1. The predicted octanol–water partition coefficient (Wildman–Crippen LogP) is 3.27. The van der Waals surface area contributed by atoms with Crippen LogP contribution in [0.1, 0.15) is 23.0 Å². The number of nitrogens with zero attached hydrogens (tertiary/aromatic N) is 2. The molecule has 2 aromatic heterocycles. The summed E-state index contributed by atoms with van der Waals surface area (Å²) in [6, 6.07) is 9.66. The topological polar surface area (TPSA) is 52.1 Å². The highest BCUT2D eigenvalue weighted by atomic mass is 16.5. The summed E-state index contributed by atoms with van der Waals surface area (Å²) < 4.78 is 5.08. The minimum atomic E-state index is -0.333. The van der Waals surface area contributed by atoms with Gasteiger partial charge in [0.2, 0.25) is 0 Å². The minimum Gasteiger partial charge on any atom is -0.462 e. The molecule has 0 N–H and O–H groups in total. The molecule has 0 aliphatic carbocycles. The van der Waals surface area contributed by atoms with Gasteiger partial charge < -0.3 is 4.74 Å². The van der Waals surface area contributed by atoms with E-state index in [2.05, 4.69) is 9.97 Å². The first-order valence-electron chi connectivity index (χ1n) is 6.53. The number of benzene rings is 1. The van der Waals surface area contributed by atoms with E-state index in [9.17, 15) is 4.79 Å². The second-order valence-corrected chi connectivity index (χ2v) is 4.55. The number of fused-ring (bicyclic) bond motifs is 3. The highest BCUT2D eigenvalue weighted by molar-refractivity contribution is 6.06. The molecular weight excluding hydrogens is 252 g/mol. The number of carbonyl (C=O) groups excluding carboxylic acids is 1. The van der Waals surface area contributed by atoms with Crippen molar-refractivity contribution in [2.45, 2.75) is 13.8 Å². The average molecular weight is 266 g/mol. The van der Waals surface area contributed by atoms with Crippen LogP contribution in [-0.4, -0.2) is 22.5 Å². The van der Waals surface area contributed by atoms with Crippen LogP contribution in [0.5, 0.6) is 0 Å². The lowest BCUT2D eigenvalue weighted by Gasteiger charge is -2.08. The maximum absolute atomic E-state index is 12.0. The number of aromatic nitrogens is 2. The van der Waals surface area contributed by atoms with Crippen LogP contribution in [0.2, 0.25) is 0 Å². The van der Waals surface area contributed by atoms with Gasteiger partial charge in [0.25, 0.3) is 0 Å². The largest absolute Gasteiger partial charge is 0.462 e. The van der Waals surface area contributed by atoms with Gasteiger partial charge in [0, 0.05) is 10.8 Å². The third-order valence-electron chi connectivity index (χ3n) is 3.26. The number of rotatable bonds is 2. The second-order valence-electron chi connectivity index (χ2n) is 4.55. The first-order chi connectivity index (χ1) is 9.70. The Labute approximate surface area is 116 Å². The van der Waals surface area contributed by atoms with E-state index in [-0.39, 0.29) is 5.97 Å². The smallest absolute Gasteiger partial charge is 0.339 e. The summed E-state index contributed by atoms with van der Waals surface area (Å²) in [5.41, 5.74) is 2.85. The van der Waals surface area contributed by atoms with E-state index in [1.54, 1.807) is 20.0 Å². The number of carbonyl (C=O) groups is 1. The number of ether oxygens (including phenoxy) is 1. The SMILES string of the molecule is CCOC(=O)c1cc2c(cnc3ccccc32)nc1C. The van der Waals surface area contributed by atoms with Gasteiger partial charge in [0.05, 0.1) is 35.1 Å². The fourth-order valence-corrected chi connectivity index (χ4v) is 2.30. The summed E-state index contributed by atoms with van der Waals surface area (Å²) in [6.07, 6.45) is 1.74. The number of hydrogen-bond acceptors (Lipinski definition) is 4. The zero-order valence-corrected chi connectivity index (χ0v) is 11.4. The van der Waals surface area contributed by atoms with Crippen LogP contribution in [0.3, 0.4) is 0 Å². The van der Waals surface area contributed by atoms with E-state index >= 15 is 0 Å². The number of pyridine rings is 2. The van der Waals surface area contributed by atoms with E-state index in [1.165, 1.54) is 0 Å². The molecule has 3 aromatic rings. The maximum atomic E-state index is 12.0. The zero-order valence-electron chi connectivity index (χ0n) is 11.4. The molecule has 4 heteroatoms. The van der Waals surface area contributed by atoms with Crippen LogP contribution < -0.4 is 0 Å². The van der Waals surface area contributed by atoms with E-state index in [4.69, 9.17) is 4.74 Å². The van der Waals surface area contributed by atoms with Crippen LogP contribution >= 0.6 is 0 Å². The Bertz CT molecular complexity index is 812. The molecule has 0 unspecified atom stereocenters. The molecule has 0 radical (unpaired) electrons. The molecule has 0 bridgehead atoms.